The Morgan fingerprint density at radius 3 is 2.59 bits per heavy atom. The molecule has 0 saturated carbocycles. The molecule has 1 aromatic heterocycles. The van der Waals surface area contributed by atoms with Crippen LogP contribution in [0.5, 0.6) is 0 Å². The zero-order valence-corrected chi connectivity index (χ0v) is 16.6. The highest BCUT2D eigenvalue weighted by molar-refractivity contribution is 7.17. The Balaban J connectivity index is 1.67. The SMILES string of the molecule is C[C@@H]1CCc2c(sc(NC(=O)c3ccccc3)c2C(=O)N2CCCCC2)C1. The van der Waals surface area contributed by atoms with Crippen LogP contribution in [0.25, 0.3) is 0 Å². The summed E-state index contributed by atoms with van der Waals surface area (Å²) in [5, 5.41) is 3.79. The van der Waals surface area contributed by atoms with Gasteiger partial charge < -0.3 is 10.2 Å². The molecular formula is C22H26N2O2S. The van der Waals surface area contributed by atoms with E-state index >= 15 is 0 Å². The van der Waals surface area contributed by atoms with Crippen LogP contribution in [0.15, 0.2) is 30.3 Å². The Morgan fingerprint density at radius 1 is 1.11 bits per heavy atom. The van der Waals surface area contributed by atoms with E-state index in [9.17, 15) is 9.59 Å². The minimum absolute atomic E-state index is 0.102. The minimum Gasteiger partial charge on any atom is -0.339 e. The first-order valence-corrected chi connectivity index (χ1v) is 10.8. The van der Waals surface area contributed by atoms with Gasteiger partial charge in [0.2, 0.25) is 0 Å². The van der Waals surface area contributed by atoms with Crippen molar-refractivity contribution < 1.29 is 9.59 Å². The van der Waals surface area contributed by atoms with Crippen LogP contribution in [-0.2, 0) is 12.8 Å². The fourth-order valence-electron chi connectivity index (χ4n) is 4.09. The number of likely N-dealkylation sites (tertiary alicyclic amines) is 1. The summed E-state index contributed by atoms with van der Waals surface area (Å²) in [6, 6.07) is 9.22. The van der Waals surface area contributed by atoms with E-state index in [2.05, 4.69) is 12.2 Å². The number of fused-ring (bicyclic) bond motifs is 1. The number of hydrogen-bond donors (Lipinski definition) is 1. The van der Waals surface area contributed by atoms with Gasteiger partial charge in [0, 0.05) is 23.5 Å². The van der Waals surface area contributed by atoms with E-state index in [1.807, 2.05) is 23.1 Å². The van der Waals surface area contributed by atoms with Crippen molar-refractivity contribution in [2.45, 2.75) is 45.4 Å². The van der Waals surface area contributed by atoms with Crippen LogP contribution in [0.2, 0.25) is 0 Å². The minimum atomic E-state index is -0.144. The van der Waals surface area contributed by atoms with E-state index in [1.54, 1.807) is 23.5 Å². The standard InChI is InChI=1S/C22H26N2O2S/c1-15-10-11-17-18(14-15)27-21(23-20(25)16-8-4-2-5-9-16)19(17)22(26)24-12-6-3-7-13-24/h2,4-5,8-9,15H,3,6-7,10-14H2,1H3,(H,23,25)/t15-/m1/s1. The summed E-state index contributed by atoms with van der Waals surface area (Å²) in [5.41, 5.74) is 2.55. The molecule has 1 aliphatic carbocycles. The van der Waals surface area contributed by atoms with Crippen molar-refractivity contribution in [2.75, 3.05) is 18.4 Å². The van der Waals surface area contributed by atoms with Gasteiger partial charge in [-0.1, -0.05) is 25.1 Å². The Morgan fingerprint density at radius 2 is 1.85 bits per heavy atom. The van der Waals surface area contributed by atoms with Crippen LogP contribution in [0.1, 0.15) is 63.8 Å². The van der Waals surface area contributed by atoms with E-state index in [4.69, 9.17) is 0 Å². The first-order chi connectivity index (χ1) is 13.1. The van der Waals surface area contributed by atoms with E-state index in [0.717, 1.165) is 55.8 Å². The number of carbonyl (C=O) groups is 2. The van der Waals surface area contributed by atoms with Crippen molar-refractivity contribution in [3.05, 3.63) is 51.9 Å². The summed E-state index contributed by atoms with van der Waals surface area (Å²) < 4.78 is 0. The smallest absolute Gasteiger partial charge is 0.257 e. The van der Waals surface area contributed by atoms with Crippen molar-refractivity contribution >= 4 is 28.2 Å². The molecule has 2 aliphatic rings. The number of amides is 2. The van der Waals surface area contributed by atoms with Crippen LogP contribution in [0.3, 0.4) is 0 Å². The monoisotopic (exact) mass is 382 g/mol. The average molecular weight is 383 g/mol. The van der Waals surface area contributed by atoms with Gasteiger partial charge in [-0.25, -0.2) is 0 Å². The number of benzene rings is 1. The average Bonchev–Trinajstić information content (AvgIpc) is 3.05. The Hall–Kier alpha value is -2.14. The Labute approximate surface area is 164 Å². The van der Waals surface area contributed by atoms with E-state index < -0.39 is 0 Å². The lowest BCUT2D eigenvalue weighted by Crippen LogP contribution is -2.36. The highest BCUT2D eigenvalue weighted by atomic mass is 32.1. The first-order valence-electron chi connectivity index (χ1n) is 9.93. The highest BCUT2D eigenvalue weighted by Gasteiger charge is 2.31. The molecule has 2 aromatic rings. The van der Waals surface area contributed by atoms with Gasteiger partial charge in [-0.3, -0.25) is 9.59 Å². The molecule has 5 heteroatoms. The van der Waals surface area contributed by atoms with Gasteiger partial charge in [0.1, 0.15) is 5.00 Å². The molecular weight excluding hydrogens is 356 g/mol. The fourth-order valence-corrected chi connectivity index (χ4v) is 5.48. The largest absolute Gasteiger partial charge is 0.339 e. The number of rotatable bonds is 3. The molecule has 4 rings (SSSR count). The number of nitrogens with one attached hydrogen (secondary N) is 1. The van der Waals surface area contributed by atoms with Crippen LogP contribution < -0.4 is 5.32 Å². The number of anilines is 1. The Kier molecular flexibility index (Phi) is 5.30. The van der Waals surface area contributed by atoms with Crippen molar-refractivity contribution in [1.82, 2.24) is 4.90 Å². The molecule has 2 heterocycles. The summed E-state index contributed by atoms with van der Waals surface area (Å²) >= 11 is 1.60. The first kappa shape index (κ1) is 18.2. The summed E-state index contributed by atoms with van der Waals surface area (Å²) in [6.45, 7) is 3.91. The maximum atomic E-state index is 13.3. The molecule has 1 atom stereocenters. The van der Waals surface area contributed by atoms with Gasteiger partial charge in [0.25, 0.3) is 11.8 Å². The lowest BCUT2D eigenvalue weighted by molar-refractivity contribution is 0.0724. The molecule has 142 valence electrons. The number of hydrogen-bond acceptors (Lipinski definition) is 3. The number of thiophene rings is 1. The second-order valence-corrected chi connectivity index (χ2v) is 8.83. The lowest BCUT2D eigenvalue weighted by Gasteiger charge is -2.28. The quantitative estimate of drug-likeness (QED) is 0.833. The molecule has 1 aliphatic heterocycles. The third-order valence-electron chi connectivity index (χ3n) is 5.63. The van der Waals surface area contributed by atoms with Gasteiger partial charge in [0.15, 0.2) is 0 Å². The maximum absolute atomic E-state index is 13.3. The van der Waals surface area contributed by atoms with Crippen molar-refractivity contribution in [3.63, 3.8) is 0 Å². The van der Waals surface area contributed by atoms with Crippen molar-refractivity contribution in [3.8, 4) is 0 Å². The molecule has 1 aromatic carbocycles. The van der Waals surface area contributed by atoms with Crippen molar-refractivity contribution in [2.24, 2.45) is 5.92 Å². The highest BCUT2D eigenvalue weighted by Crippen LogP contribution is 2.40. The van der Waals surface area contributed by atoms with Gasteiger partial charge in [0.05, 0.1) is 5.56 Å². The zero-order chi connectivity index (χ0) is 18.8. The number of piperidine rings is 1. The van der Waals surface area contributed by atoms with Crippen LogP contribution >= 0.6 is 11.3 Å². The van der Waals surface area contributed by atoms with Crippen LogP contribution in [-0.4, -0.2) is 29.8 Å². The van der Waals surface area contributed by atoms with Crippen LogP contribution in [0.4, 0.5) is 5.00 Å². The van der Waals surface area contributed by atoms with Crippen molar-refractivity contribution in [1.29, 1.82) is 0 Å². The topological polar surface area (TPSA) is 49.4 Å². The fraction of sp³-hybridized carbons (Fsp3) is 0.455. The third-order valence-corrected chi connectivity index (χ3v) is 6.80. The van der Waals surface area contributed by atoms with E-state index in [0.29, 0.717) is 11.5 Å². The second-order valence-electron chi connectivity index (χ2n) is 7.73. The zero-order valence-electron chi connectivity index (χ0n) is 15.8. The van der Waals surface area contributed by atoms with Crippen LogP contribution in [0, 0.1) is 5.92 Å². The Bertz CT molecular complexity index is 837. The molecule has 1 saturated heterocycles. The summed E-state index contributed by atoms with van der Waals surface area (Å²) in [4.78, 5) is 29.3. The predicted octanol–water partition coefficient (Wildman–Crippen LogP) is 4.75. The molecule has 2 amide bonds. The molecule has 0 unspecified atom stereocenters. The van der Waals surface area contributed by atoms with E-state index in [-0.39, 0.29) is 11.8 Å². The van der Waals surface area contributed by atoms with Gasteiger partial charge in [-0.05, 0) is 62.1 Å². The molecule has 0 radical (unpaired) electrons. The third kappa shape index (κ3) is 3.79. The second kappa shape index (κ2) is 7.85. The molecule has 0 spiro atoms. The molecule has 0 bridgehead atoms. The summed E-state index contributed by atoms with van der Waals surface area (Å²) in [6.07, 6.45) is 6.38. The summed E-state index contributed by atoms with van der Waals surface area (Å²) in [5.74, 6) is 0.590. The van der Waals surface area contributed by atoms with Gasteiger partial charge >= 0.3 is 0 Å². The number of carbonyl (C=O) groups excluding carboxylic acids is 2. The predicted molar refractivity (Wildman–Crippen MR) is 110 cm³/mol. The summed E-state index contributed by atoms with van der Waals surface area (Å²) in [7, 11) is 0. The molecule has 1 N–H and O–H groups in total. The van der Waals surface area contributed by atoms with Gasteiger partial charge in [-0.15, -0.1) is 11.3 Å². The maximum Gasteiger partial charge on any atom is 0.257 e. The molecule has 1 fully saturated rings. The molecule has 27 heavy (non-hydrogen) atoms. The normalized spacial score (nSPS) is 19.4. The molecule has 4 nitrogen and oxygen atoms in total. The lowest BCUT2D eigenvalue weighted by atomic mass is 9.88. The number of nitrogens with zero attached hydrogens (tertiary/aromatic N) is 1. The van der Waals surface area contributed by atoms with E-state index in [1.165, 1.54) is 16.9 Å². The van der Waals surface area contributed by atoms with Gasteiger partial charge in [-0.2, -0.15) is 0 Å².